The number of aryl methyl sites for hydroxylation is 1. The predicted molar refractivity (Wildman–Crippen MR) is 100 cm³/mol. The zero-order chi connectivity index (χ0) is 17.6. The maximum Gasteiger partial charge on any atom is 0.220 e. The number of Topliss-reactive ketones (excluding diaryl/α,β-unsaturated/α-hetero) is 1. The van der Waals surface area contributed by atoms with Crippen LogP contribution in [0.2, 0.25) is 0 Å². The van der Waals surface area contributed by atoms with Crippen molar-refractivity contribution in [2.45, 2.75) is 78.1 Å². The summed E-state index contributed by atoms with van der Waals surface area (Å²) >= 11 is 0. The molecule has 0 atom stereocenters. The number of amides is 1. The van der Waals surface area contributed by atoms with Crippen molar-refractivity contribution in [2.75, 3.05) is 6.54 Å². The lowest BCUT2D eigenvalue weighted by Crippen LogP contribution is -2.24. The zero-order valence-corrected chi connectivity index (χ0v) is 15.4. The van der Waals surface area contributed by atoms with Gasteiger partial charge in [-0.3, -0.25) is 9.59 Å². The Labute approximate surface area is 147 Å². The molecule has 0 fully saturated rings. The molecule has 0 unspecified atom stereocenters. The normalized spacial score (nSPS) is 10.6. The maximum absolute atomic E-state index is 12.0. The number of carbonyl (C=O) groups excluding carboxylic acids is 2. The van der Waals surface area contributed by atoms with E-state index in [1.54, 1.807) is 0 Å². The van der Waals surface area contributed by atoms with Gasteiger partial charge in [0.05, 0.1) is 0 Å². The molecule has 1 aromatic rings. The average Bonchev–Trinajstić information content (AvgIpc) is 2.59. The van der Waals surface area contributed by atoms with Gasteiger partial charge < -0.3 is 5.32 Å². The van der Waals surface area contributed by atoms with Crippen LogP contribution in [-0.2, 0) is 4.79 Å². The topological polar surface area (TPSA) is 46.2 Å². The van der Waals surface area contributed by atoms with Gasteiger partial charge in [0.25, 0.3) is 0 Å². The second kappa shape index (κ2) is 12.7. The quantitative estimate of drug-likeness (QED) is 0.398. The fourth-order valence-electron chi connectivity index (χ4n) is 2.69. The lowest BCUT2D eigenvalue weighted by molar-refractivity contribution is -0.121. The largest absolute Gasteiger partial charge is 0.356 e. The molecule has 0 bridgehead atoms. The highest BCUT2D eigenvalue weighted by molar-refractivity contribution is 5.97. The highest BCUT2D eigenvalue weighted by Crippen LogP contribution is 2.09. The van der Waals surface area contributed by atoms with Gasteiger partial charge in [0.15, 0.2) is 5.78 Å². The standard InChI is InChI=1S/C21H33NO2/c1-3-4-5-6-7-8-9-10-17-22-21(24)16-15-20(23)19-13-11-18(2)12-14-19/h11-14H,3-10,15-17H2,1-2H3,(H,22,24). The van der Waals surface area contributed by atoms with Crippen molar-refractivity contribution in [1.82, 2.24) is 5.32 Å². The second-order valence-corrected chi connectivity index (χ2v) is 6.61. The number of carbonyl (C=O) groups is 2. The van der Waals surface area contributed by atoms with E-state index in [9.17, 15) is 9.59 Å². The lowest BCUT2D eigenvalue weighted by atomic mass is 10.0. The minimum atomic E-state index is -0.0154. The first kappa shape index (κ1) is 20.4. The van der Waals surface area contributed by atoms with Crippen molar-refractivity contribution >= 4 is 11.7 Å². The van der Waals surface area contributed by atoms with Crippen molar-refractivity contribution in [3.8, 4) is 0 Å². The third-order valence-corrected chi connectivity index (χ3v) is 4.31. The Balaban J connectivity index is 2.02. The van der Waals surface area contributed by atoms with Crippen LogP contribution in [0.5, 0.6) is 0 Å². The van der Waals surface area contributed by atoms with Gasteiger partial charge in [-0.05, 0) is 13.3 Å². The van der Waals surface area contributed by atoms with Crippen LogP contribution in [0.3, 0.4) is 0 Å². The fraction of sp³-hybridized carbons (Fsp3) is 0.619. The Morgan fingerprint density at radius 2 is 1.42 bits per heavy atom. The van der Waals surface area contributed by atoms with Gasteiger partial charge in [-0.2, -0.15) is 0 Å². The van der Waals surface area contributed by atoms with Crippen LogP contribution in [0.1, 0.15) is 87.1 Å². The predicted octanol–water partition coefficient (Wildman–Crippen LogP) is 5.21. The molecule has 0 aliphatic heterocycles. The van der Waals surface area contributed by atoms with Gasteiger partial charge in [-0.15, -0.1) is 0 Å². The van der Waals surface area contributed by atoms with Gasteiger partial charge in [0, 0.05) is 24.9 Å². The van der Waals surface area contributed by atoms with Crippen LogP contribution < -0.4 is 5.32 Å². The van der Waals surface area contributed by atoms with E-state index < -0.39 is 0 Å². The van der Waals surface area contributed by atoms with E-state index in [2.05, 4.69) is 12.2 Å². The smallest absolute Gasteiger partial charge is 0.220 e. The number of rotatable bonds is 13. The van der Waals surface area contributed by atoms with Crippen LogP contribution in [0.15, 0.2) is 24.3 Å². The Morgan fingerprint density at radius 1 is 0.833 bits per heavy atom. The van der Waals surface area contributed by atoms with Gasteiger partial charge in [0.2, 0.25) is 5.91 Å². The van der Waals surface area contributed by atoms with E-state index in [-0.39, 0.29) is 24.5 Å². The summed E-state index contributed by atoms with van der Waals surface area (Å²) in [6.45, 7) is 4.95. The molecule has 24 heavy (non-hydrogen) atoms. The molecule has 0 saturated carbocycles. The molecule has 0 aliphatic carbocycles. The molecule has 134 valence electrons. The van der Waals surface area contributed by atoms with E-state index in [4.69, 9.17) is 0 Å². The van der Waals surface area contributed by atoms with Gasteiger partial charge >= 0.3 is 0 Å². The minimum absolute atomic E-state index is 0.0154. The second-order valence-electron chi connectivity index (χ2n) is 6.61. The highest BCUT2D eigenvalue weighted by atomic mass is 16.2. The van der Waals surface area contributed by atoms with Crippen molar-refractivity contribution < 1.29 is 9.59 Å². The number of unbranched alkanes of at least 4 members (excludes halogenated alkanes) is 7. The summed E-state index contributed by atoms with van der Waals surface area (Å²) in [6, 6.07) is 7.51. The van der Waals surface area contributed by atoms with E-state index in [0.717, 1.165) is 18.5 Å². The minimum Gasteiger partial charge on any atom is -0.356 e. The van der Waals surface area contributed by atoms with Crippen molar-refractivity contribution in [3.05, 3.63) is 35.4 Å². The third-order valence-electron chi connectivity index (χ3n) is 4.31. The molecule has 0 spiro atoms. The van der Waals surface area contributed by atoms with E-state index in [0.29, 0.717) is 5.56 Å². The maximum atomic E-state index is 12.0. The third kappa shape index (κ3) is 9.49. The first-order chi connectivity index (χ1) is 11.6. The van der Waals surface area contributed by atoms with E-state index in [1.807, 2.05) is 31.2 Å². The average molecular weight is 332 g/mol. The monoisotopic (exact) mass is 331 g/mol. The zero-order valence-electron chi connectivity index (χ0n) is 15.4. The molecule has 0 aromatic heterocycles. The van der Waals surface area contributed by atoms with Gasteiger partial charge in [-0.25, -0.2) is 0 Å². The summed E-state index contributed by atoms with van der Waals surface area (Å²) in [5, 5.41) is 2.92. The van der Waals surface area contributed by atoms with Gasteiger partial charge in [0.1, 0.15) is 0 Å². The summed E-state index contributed by atoms with van der Waals surface area (Å²) in [4.78, 5) is 23.8. The first-order valence-corrected chi connectivity index (χ1v) is 9.50. The molecular formula is C21H33NO2. The molecular weight excluding hydrogens is 298 g/mol. The molecule has 1 rings (SSSR count). The lowest BCUT2D eigenvalue weighted by Gasteiger charge is -2.05. The first-order valence-electron chi connectivity index (χ1n) is 9.50. The molecule has 1 amide bonds. The summed E-state index contributed by atoms with van der Waals surface area (Å²) in [6.07, 6.45) is 10.7. The van der Waals surface area contributed by atoms with Crippen LogP contribution in [0.25, 0.3) is 0 Å². The van der Waals surface area contributed by atoms with Crippen molar-refractivity contribution in [3.63, 3.8) is 0 Å². The molecule has 1 N–H and O–H groups in total. The van der Waals surface area contributed by atoms with E-state index in [1.165, 1.54) is 44.9 Å². The molecule has 1 aromatic carbocycles. The van der Waals surface area contributed by atoms with Crippen LogP contribution in [-0.4, -0.2) is 18.2 Å². The van der Waals surface area contributed by atoms with Crippen LogP contribution in [0, 0.1) is 6.92 Å². The number of benzene rings is 1. The molecule has 0 aliphatic rings. The molecule has 3 nitrogen and oxygen atoms in total. The Morgan fingerprint density at radius 3 is 2.04 bits per heavy atom. The summed E-state index contributed by atoms with van der Waals surface area (Å²) in [5.74, 6) is 0.0237. The molecule has 0 heterocycles. The number of hydrogen-bond acceptors (Lipinski definition) is 2. The Bertz CT molecular complexity index is 479. The van der Waals surface area contributed by atoms with Gasteiger partial charge in [-0.1, -0.05) is 81.7 Å². The Kier molecular flexibility index (Phi) is 10.8. The van der Waals surface area contributed by atoms with Crippen LogP contribution >= 0.6 is 0 Å². The number of nitrogens with one attached hydrogen (secondary N) is 1. The van der Waals surface area contributed by atoms with E-state index >= 15 is 0 Å². The SMILES string of the molecule is CCCCCCCCCCNC(=O)CCC(=O)c1ccc(C)cc1. The molecule has 0 saturated heterocycles. The fourth-order valence-corrected chi connectivity index (χ4v) is 2.69. The molecule has 0 radical (unpaired) electrons. The summed E-state index contributed by atoms with van der Waals surface area (Å²) in [5.41, 5.74) is 1.83. The highest BCUT2D eigenvalue weighted by Gasteiger charge is 2.08. The summed E-state index contributed by atoms with van der Waals surface area (Å²) < 4.78 is 0. The molecule has 3 heteroatoms. The Hall–Kier alpha value is -1.64. The summed E-state index contributed by atoms with van der Waals surface area (Å²) in [7, 11) is 0. The van der Waals surface area contributed by atoms with Crippen LogP contribution in [0.4, 0.5) is 0 Å². The number of ketones is 1. The number of hydrogen-bond donors (Lipinski definition) is 1. The van der Waals surface area contributed by atoms with Crippen molar-refractivity contribution in [2.24, 2.45) is 0 Å². The van der Waals surface area contributed by atoms with Crippen molar-refractivity contribution in [1.29, 1.82) is 0 Å².